The number of hydrogen-bond acceptors (Lipinski definition) is 1. The van der Waals surface area contributed by atoms with E-state index in [0.717, 1.165) is 10.9 Å². The largest absolute Gasteiger partial charge is 0.207 e. The summed E-state index contributed by atoms with van der Waals surface area (Å²) in [6.07, 6.45) is 1.18. The molecule has 0 radical (unpaired) electrons. The summed E-state index contributed by atoms with van der Waals surface area (Å²) in [4.78, 5) is 0. The standard InChI is InChI=1S/C12H13BrFN/c1-3-12(2,8-15)7-9-4-5-10(13)6-11(9)14/h4-6H,3,7H2,1-2H3. The van der Waals surface area contributed by atoms with Crippen molar-refractivity contribution in [1.29, 1.82) is 5.26 Å². The smallest absolute Gasteiger partial charge is 0.127 e. The van der Waals surface area contributed by atoms with E-state index in [1.807, 2.05) is 13.8 Å². The van der Waals surface area contributed by atoms with Gasteiger partial charge in [0.05, 0.1) is 11.5 Å². The van der Waals surface area contributed by atoms with Crippen LogP contribution < -0.4 is 0 Å². The van der Waals surface area contributed by atoms with Gasteiger partial charge in [0.2, 0.25) is 0 Å². The molecule has 0 aliphatic rings. The summed E-state index contributed by atoms with van der Waals surface area (Å²) >= 11 is 3.21. The summed E-state index contributed by atoms with van der Waals surface area (Å²) in [6.45, 7) is 3.80. The molecule has 1 aromatic rings. The highest BCUT2D eigenvalue weighted by Gasteiger charge is 2.23. The summed E-state index contributed by atoms with van der Waals surface area (Å²) < 4.78 is 14.2. The molecule has 1 nitrogen and oxygen atoms in total. The molecule has 0 aromatic heterocycles. The van der Waals surface area contributed by atoms with Crippen molar-refractivity contribution in [2.75, 3.05) is 0 Å². The average Bonchev–Trinajstić information content (AvgIpc) is 2.22. The molecule has 3 heteroatoms. The summed E-state index contributed by atoms with van der Waals surface area (Å²) in [5, 5.41) is 9.01. The molecular weight excluding hydrogens is 257 g/mol. The first-order chi connectivity index (χ1) is 7.00. The van der Waals surface area contributed by atoms with Gasteiger partial charge in [-0.3, -0.25) is 0 Å². The van der Waals surface area contributed by atoms with E-state index in [1.54, 1.807) is 12.1 Å². The summed E-state index contributed by atoms with van der Waals surface area (Å²) in [5.41, 5.74) is 0.124. The van der Waals surface area contributed by atoms with E-state index in [2.05, 4.69) is 22.0 Å². The number of halogens is 2. The van der Waals surface area contributed by atoms with Crippen molar-refractivity contribution in [3.05, 3.63) is 34.1 Å². The highest BCUT2D eigenvalue weighted by molar-refractivity contribution is 9.10. The number of benzene rings is 1. The Morgan fingerprint density at radius 1 is 1.53 bits per heavy atom. The van der Waals surface area contributed by atoms with Crippen molar-refractivity contribution < 1.29 is 4.39 Å². The lowest BCUT2D eigenvalue weighted by Crippen LogP contribution is -2.16. The molecule has 1 atom stereocenters. The van der Waals surface area contributed by atoms with Crippen LogP contribution >= 0.6 is 15.9 Å². The van der Waals surface area contributed by atoms with E-state index in [0.29, 0.717) is 12.0 Å². The van der Waals surface area contributed by atoms with Crippen molar-refractivity contribution in [2.24, 2.45) is 5.41 Å². The van der Waals surface area contributed by atoms with Gasteiger partial charge in [0, 0.05) is 4.47 Å². The average molecular weight is 270 g/mol. The third-order valence-electron chi connectivity index (χ3n) is 2.65. The lowest BCUT2D eigenvalue weighted by Gasteiger charge is -2.19. The minimum atomic E-state index is -0.478. The zero-order valence-electron chi connectivity index (χ0n) is 8.85. The topological polar surface area (TPSA) is 23.8 Å². The molecule has 1 unspecified atom stereocenters. The van der Waals surface area contributed by atoms with Crippen molar-refractivity contribution in [3.8, 4) is 6.07 Å². The number of rotatable bonds is 3. The van der Waals surface area contributed by atoms with E-state index in [9.17, 15) is 4.39 Å². The SMILES string of the molecule is CCC(C)(C#N)Cc1ccc(Br)cc1F. The second-order valence-electron chi connectivity index (χ2n) is 3.94. The van der Waals surface area contributed by atoms with Gasteiger partial charge in [-0.15, -0.1) is 0 Å². The van der Waals surface area contributed by atoms with Crippen LogP contribution in [0.4, 0.5) is 4.39 Å². The molecule has 0 N–H and O–H groups in total. The van der Waals surface area contributed by atoms with Crippen molar-refractivity contribution in [1.82, 2.24) is 0 Å². The monoisotopic (exact) mass is 269 g/mol. The van der Waals surface area contributed by atoms with Crippen LogP contribution in [0.15, 0.2) is 22.7 Å². The molecule has 0 amide bonds. The van der Waals surface area contributed by atoms with Crippen LogP contribution in [0, 0.1) is 22.6 Å². The number of nitriles is 1. The van der Waals surface area contributed by atoms with Crippen molar-refractivity contribution >= 4 is 15.9 Å². The zero-order valence-corrected chi connectivity index (χ0v) is 10.4. The highest BCUT2D eigenvalue weighted by Crippen LogP contribution is 2.27. The van der Waals surface area contributed by atoms with Gasteiger partial charge in [-0.05, 0) is 37.5 Å². The Morgan fingerprint density at radius 2 is 2.20 bits per heavy atom. The quantitative estimate of drug-likeness (QED) is 0.812. The Hall–Kier alpha value is -0.880. The van der Waals surface area contributed by atoms with Crippen LogP contribution in [0.2, 0.25) is 0 Å². The molecule has 0 fully saturated rings. The maximum Gasteiger partial charge on any atom is 0.127 e. The predicted octanol–water partition coefficient (Wildman–Crippen LogP) is 4.07. The Balaban J connectivity index is 2.95. The second-order valence-corrected chi connectivity index (χ2v) is 4.85. The first kappa shape index (κ1) is 12.2. The molecule has 0 saturated heterocycles. The van der Waals surface area contributed by atoms with Gasteiger partial charge in [-0.2, -0.15) is 5.26 Å². The highest BCUT2D eigenvalue weighted by atomic mass is 79.9. The van der Waals surface area contributed by atoms with Gasteiger partial charge in [0.15, 0.2) is 0 Å². The number of nitrogens with zero attached hydrogens (tertiary/aromatic N) is 1. The van der Waals surface area contributed by atoms with Crippen LogP contribution in [0.1, 0.15) is 25.8 Å². The molecule has 15 heavy (non-hydrogen) atoms. The summed E-state index contributed by atoms with van der Waals surface area (Å²) in [5.74, 6) is -0.251. The van der Waals surface area contributed by atoms with E-state index in [-0.39, 0.29) is 5.82 Å². The normalized spacial score (nSPS) is 14.3. The van der Waals surface area contributed by atoms with Gasteiger partial charge < -0.3 is 0 Å². The van der Waals surface area contributed by atoms with Crippen LogP contribution in [-0.2, 0) is 6.42 Å². The molecule has 0 spiro atoms. The van der Waals surface area contributed by atoms with Crippen LogP contribution in [0.5, 0.6) is 0 Å². The Bertz CT molecular complexity index is 397. The maximum absolute atomic E-state index is 13.5. The lowest BCUT2D eigenvalue weighted by atomic mass is 9.83. The lowest BCUT2D eigenvalue weighted by molar-refractivity contribution is 0.413. The third kappa shape index (κ3) is 3.04. The van der Waals surface area contributed by atoms with Gasteiger partial charge in [0.1, 0.15) is 5.82 Å². The Labute approximate surface area is 98.0 Å². The molecule has 80 valence electrons. The molecule has 1 rings (SSSR count). The van der Waals surface area contributed by atoms with Crippen LogP contribution in [-0.4, -0.2) is 0 Å². The third-order valence-corrected chi connectivity index (χ3v) is 3.14. The summed E-state index contributed by atoms with van der Waals surface area (Å²) in [6, 6.07) is 7.20. The van der Waals surface area contributed by atoms with Gasteiger partial charge >= 0.3 is 0 Å². The fourth-order valence-electron chi connectivity index (χ4n) is 1.33. The maximum atomic E-state index is 13.5. The van der Waals surface area contributed by atoms with Crippen molar-refractivity contribution in [2.45, 2.75) is 26.7 Å². The van der Waals surface area contributed by atoms with Crippen LogP contribution in [0.3, 0.4) is 0 Å². The first-order valence-electron chi connectivity index (χ1n) is 4.86. The summed E-state index contributed by atoms with van der Waals surface area (Å²) in [7, 11) is 0. The molecule has 1 aromatic carbocycles. The minimum absolute atomic E-state index is 0.251. The Kier molecular flexibility index (Phi) is 3.87. The van der Waals surface area contributed by atoms with E-state index < -0.39 is 5.41 Å². The molecule has 0 heterocycles. The van der Waals surface area contributed by atoms with E-state index in [4.69, 9.17) is 5.26 Å². The van der Waals surface area contributed by atoms with Crippen molar-refractivity contribution in [3.63, 3.8) is 0 Å². The molecule has 0 aliphatic heterocycles. The molecule has 0 bridgehead atoms. The fourth-order valence-corrected chi connectivity index (χ4v) is 1.66. The first-order valence-corrected chi connectivity index (χ1v) is 5.65. The van der Waals surface area contributed by atoms with E-state index in [1.165, 1.54) is 6.07 Å². The number of hydrogen-bond donors (Lipinski definition) is 0. The zero-order chi connectivity index (χ0) is 11.5. The Morgan fingerprint density at radius 3 is 2.67 bits per heavy atom. The predicted molar refractivity (Wildman–Crippen MR) is 61.8 cm³/mol. The van der Waals surface area contributed by atoms with E-state index >= 15 is 0 Å². The van der Waals surface area contributed by atoms with Gasteiger partial charge in [-0.1, -0.05) is 28.9 Å². The van der Waals surface area contributed by atoms with Gasteiger partial charge in [-0.25, -0.2) is 4.39 Å². The minimum Gasteiger partial charge on any atom is -0.207 e. The molecular formula is C12H13BrFN. The van der Waals surface area contributed by atoms with Crippen LogP contribution in [0.25, 0.3) is 0 Å². The fraction of sp³-hybridized carbons (Fsp3) is 0.417. The molecule has 0 aliphatic carbocycles. The second kappa shape index (κ2) is 4.76. The molecule has 0 saturated carbocycles. The van der Waals surface area contributed by atoms with Gasteiger partial charge in [0.25, 0.3) is 0 Å².